The van der Waals surface area contributed by atoms with E-state index in [0.29, 0.717) is 11.2 Å². The Hall–Kier alpha value is -2.69. The SMILES string of the molecule is Cc1cc(=O)[nH]c2cc(N3C(=O)C=CC3=O)ccc12. The number of aromatic nitrogens is 1. The monoisotopic (exact) mass is 254 g/mol. The van der Waals surface area contributed by atoms with Crippen molar-refractivity contribution in [3.63, 3.8) is 0 Å². The molecule has 2 aromatic rings. The van der Waals surface area contributed by atoms with Gasteiger partial charge in [0.25, 0.3) is 11.8 Å². The highest BCUT2D eigenvalue weighted by atomic mass is 16.2. The average Bonchev–Trinajstić information content (AvgIpc) is 2.68. The molecular weight excluding hydrogens is 244 g/mol. The maximum absolute atomic E-state index is 11.6. The highest BCUT2D eigenvalue weighted by Crippen LogP contribution is 2.24. The largest absolute Gasteiger partial charge is 0.322 e. The van der Waals surface area contributed by atoms with Gasteiger partial charge >= 0.3 is 0 Å². The molecule has 94 valence electrons. The molecule has 1 aliphatic heterocycles. The number of hydrogen-bond acceptors (Lipinski definition) is 3. The van der Waals surface area contributed by atoms with E-state index >= 15 is 0 Å². The molecule has 5 nitrogen and oxygen atoms in total. The van der Waals surface area contributed by atoms with Crippen molar-refractivity contribution in [1.29, 1.82) is 0 Å². The maximum Gasteiger partial charge on any atom is 0.258 e. The fourth-order valence-corrected chi connectivity index (χ4v) is 2.22. The lowest BCUT2D eigenvalue weighted by Gasteiger charge is -2.14. The lowest BCUT2D eigenvalue weighted by atomic mass is 10.1. The van der Waals surface area contributed by atoms with Crippen LogP contribution in [-0.4, -0.2) is 16.8 Å². The Morgan fingerprint density at radius 1 is 1.00 bits per heavy atom. The van der Waals surface area contributed by atoms with E-state index in [1.54, 1.807) is 18.2 Å². The Morgan fingerprint density at radius 2 is 1.68 bits per heavy atom. The minimum absolute atomic E-state index is 0.209. The van der Waals surface area contributed by atoms with Crippen molar-refractivity contribution in [2.75, 3.05) is 4.90 Å². The number of benzene rings is 1. The average molecular weight is 254 g/mol. The summed E-state index contributed by atoms with van der Waals surface area (Å²) in [5, 5.41) is 0.885. The molecule has 0 radical (unpaired) electrons. The van der Waals surface area contributed by atoms with E-state index in [4.69, 9.17) is 0 Å². The van der Waals surface area contributed by atoms with Crippen molar-refractivity contribution < 1.29 is 9.59 Å². The Kier molecular flexibility index (Phi) is 2.35. The number of rotatable bonds is 1. The Labute approximate surface area is 108 Å². The van der Waals surface area contributed by atoms with Crippen LogP contribution in [0, 0.1) is 6.92 Å². The molecule has 0 bridgehead atoms. The van der Waals surface area contributed by atoms with Crippen LogP contribution in [0.15, 0.2) is 41.2 Å². The van der Waals surface area contributed by atoms with E-state index in [-0.39, 0.29) is 17.4 Å². The highest BCUT2D eigenvalue weighted by molar-refractivity contribution is 6.28. The Balaban J connectivity index is 2.20. The molecule has 0 saturated carbocycles. The third-order valence-electron chi connectivity index (χ3n) is 3.10. The van der Waals surface area contributed by atoms with Crippen LogP contribution >= 0.6 is 0 Å². The van der Waals surface area contributed by atoms with Gasteiger partial charge in [-0.3, -0.25) is 14.4 Å². The molecule has 0 aliphatic carbocycles. The van der Waals surface area contributed by atoms with Gasteiger partial charge in [0.05, 0.1) is 11.2 Å². The minimum Gasteiger partial charge on any atom is -0.322 e. The number of nitrogens with one attached hydrogen (secondary N) is 1. The zero-order chi connectivity index (χ0) is 13.6. The second-order valence-corrected chi connectivity index (χ2v) is 4.39. The first-order valence-corrected chi connectivity index (χ1v) is 5.76. The van der Waals surface area contributed by atoms with Crippen molar-refractivity contribution in [1.82, 2.24) is 4.98 Å². The van der Waals surface area contributed by atoms with E-state index in [2.05, 4.69) is 4.98 Å². The highest BCUT2D eigenvalue weighted by Gasteiger charge is 2.25. The third-order valence-corrected chi connectivity index (χ3v) is 3.10. The van der Waals surface area contributed by atoms with Crippen LogP contribution < -0.4 is 10.5 Å². The second kappa shape index (κ2) is 3.91. The molecule has 0 atom stereocenters. The molecule has 3 rings (SSSR count). The van der Waals surface area contributed by atoms with Gasteiger partial charge in [-0.1, -0.05) is 6.07 Å². The molecule has 1 aromatic carbocycles. The summed E-state index contributed by atoms with van der Waals surface area (Å²) in [6.07, 6.45) is 2.46. The number of imide groups is 1. The van der Waals surface area contributed by atoms with Crippen LogP contribution in [0.3, 0.4) is 0 Å². The summed E-state index contributed by atoms with van der Waals surface area (Å²) in [7, 11) is 0. The molecular formula is C14H10N2O3. The quantitative estimate of drug-likeness (QED) is 0.779. The van der Waals surface area contributed by atoms with E-state index in [1.165, 1.54) is 18.2 Å². The third kappa shape index (κ3) is 1.76. The number of nitrogens with zero attached hydrogens (tertiary/aromatic N) is 1. The van der Waals surface area contributed by atoms with Crippen LogP contribution in [0.2, 0.25) is 0 Å². The summed E-state index contributed by atoms with van der Waals surface area (Å²) in [6, 6.07) is 6.62. The fourth-order valence-electron chi connectivity index (χ4n) is 2.22. The summed E-state index contributed by atoms with van der Waals surface area (Å²) in [4.78, 5) is 38.4. The van der Waals surface area contributed by atoms with E-state index < -0.39 is 0 Å². The fraction of sp³-hybridized carbons (Fsp3) is 0.0714. The van der Waals surface area contributed by atoms with E-state index in [1.807, 2.05) is 6.92 Å². The van der Waals surface area contributed by atoms with Gasteiger partial charge in [-0.15, -0.1) is 0 Å². The van der Waals surface area contributed by atoms with Gasteiger partial charge in [-0.2, -0.15) is 0 Å². The number of aromatic amines is 1. The van der Waals surface area contributed by atoms with Crippen LogP contribution in [0.4, 0.5) is 5.69 Å². The van der Waals surface area contributed by atoms with Gasteiger partial charge in [0, 0.05) is 23.6 Å². The number of carbonyl (C=O) groups excluding carboxylic acids is 2. The lowest BCUT2D eigenvalue weighted by molar-refractivity contribution is -0.119. The van der Waals surface area contributed by atoms with Crippen LogP contribution in [-0.2, 0) is 9.59 Å². The predicted molar refractivity (Wildman–Crippen MR) is 70.9 cm³/mol. The number of carbonyl (C=O) groups is 2. The topological polar surface area (TPSA) is 70.2 Å². The van der Waals surface area contributed by atoms with Crippen LogP contribution in [0.5, 0.6) is 0 Å². The van der Waals surface area contributed by atoms with Crippen molar-refractivity contribution in [2.45, 2.75) is 6.92 Å². The number of hydrogen-bond donors (Lipinski definition) is 1. The maximum atomic E-state index is 11.6. The number of pyridine rings is 1. The summed E-state index contributed by atoms with van der Waals surface area (Å²) < 4.78 is 0. The molecule has 5 heteroatoms. The van der Waals surface area contributed by atoms with Crippen molar-refractivity contribution in [3.05, 3.63) is 52.3 Å². The first-order valence-electron chi connectivity index (χ1n) is 5.76. The molecule has 1 N–H and O–H groups in total. The molecule has 1 aliphatic rings. The first-order chi connectivity index (χ1) is 9.06. The smallest absolute Gasteiger partial charge is 0.258 e. The van der Waals surface area contributed by atoms with E-state index in [9.17, 15) is 14.4 Å². The predicted octanol–water partition coefficient (Wildman–Crippen LogP) is 1.27. The first kappa shape index (κ1) is 11.4. The molecule has 0 saturated heterocycles. The van der Waals surface area contributed by atoms with Gasteiger partial charge < -0.3 is 4.98 Å². The normalized spacial score (nSPS) is 14.7. The van der Waals surface area contributed by atoms with Gasteiger partial charge in [0.15, 0.2) is 0 Å². The second-order valence-electron chi connectivity index (χ2n) is 4.39. The zero-order valence-electron chi connectivity index (χ0n) is 10.1. The van der Waals surface area contributed by atoms with Crippen molar-refractivity contribution in [3.8, 4) is 0 Å². The molecule has 2 amide bonds. The van der Waals surface area contributed by atoms with Crippen LogP contribution in [0.25, 0.3) is 10.9 Å². The minimum atomic E-state index is -0.376. The summed E-state index contributed by atoms with van der Waals surface area (Å²) >= 11 is 0. The van der Waals surface area contributed by atoms with E-state index in [0.717, 1.165) is 15.8 Å². The van der Waals surface area contributed by atoms with Gasteiger partial charge in [-0.25, -0.2) is 4.90 Å². The van der Waals surface area contributed by atoms with Gasteiger partial charge in [0.2, 0.25) is 5.56 Å². The molecule has 0 unspecified atom stereocenters. The lowest BCUT2D eigenvalue weighted by Crippen LogP contribution is -2.29. The summed E-state index contributed by atoms with van der Waals surface area (Å²) in [5.74, 6) is -0.751. The number of fused-ring (bicyclic) bond motifs is 1. The molecule has 0 fully saturated rings. The summed E-state index contributed by atoms with van der Waals surface area (Å²) in [6.45, 7) is 1.84. The molecule has 1 aromatic heterocycles. The number of anilines is 1. The Bertz CT molecular complexity index is 784. The number of aryl methyl sites for hydroxylation is 1. The van der Waals surface area contributed by atoms with Gasteiger partial charge in [0.1, 0.15) is 0 Å². The molecule has 0 spiro atoms. The summed E-state index contributed by atoms with van der Waals surface area (Å²) in [5.41, 5.74) is 1.70. The van der Waals surface area contributed by atoms with Crippen LogP contribution in [0.1, 0.15) is 5.56 Å². The molecule has 2 heterocycles. The number of H-pyrrole nitrogens is 1. The standard InChI is InChI=1S/C14H10N2O3/c1-8-6-12(17)15-11-7-9(2-3-10(8)11)16-13(18)4-5-14(16)19/h2-7H,1H3,(H,15,17). The Morgan fingerprint density at radius 3 is 2.37 bits per heavy atom. The van der Waals surface area contributed by atoms with Crippen molar-refractivity contribution >= 4 is 28.4 Å². The van der Waals surface area contributed by atoms with Gasteiger partial charge in [-0.05, 0) is 24.6 Å². The number of amides is 2. The van der Waals surface area contributed by atoms with Crippen molar-refractivity contribution in [2.24, 2.45) is 0 Å². The zero-order valence-corrected chi connectivity index (χ0v) is 10.1. The molecule has 19 heavy (non-hydrogen) atoms.